The molecule has 0 radical (unpaired) electrons. The number of hydrogen-bond donors (Lipinski definition) is 0. The van der Waals surface area contributed by atoms with Crippen LogP contribution in [-0.4, -0.2) is 8.07 Å². The molecule has 0 unspecified atom stereocenters. The Morgan fingerprint density at radius 3 is 1.66 bits per heavy atom. The number of benzene rings is 10. The molecule has 1 aliphatic heterocycles. The standard InChI is InChI=1S/C60H44N2OSi/c1-64(2)57-31-17-26-51-47(38-39-52(59(51)57)50-37-36-46(40-58(50)64)61(43-20-8-4-9-21-43)44-22-10-5-11-23-44)42-32-34-45(35-33-42)62(54-28-14-12-24-48(54)41-18-6-3-7-19-41)55-29-16-27-53-49-25-13-15-30-56(49)63-60(53)55/h3-40H,1-2H3. The lowest BCUT2D eigenvalue weighted by Gasteiger charge is -2.35. The first-order valence-electron chi connectivity index (χ1n) is 22.1. The van der Waals surface area contributed by atoms with E-state index in [0.29, 0.717) is 0 Å². The molecule has 304 valence electrons. The van der Waals surface area contributed by atoms with E-state index in [9.17, 15) is 0 Å². The maximum atomic E-state index is 6.69. The first-order chi connectivity index (χ1) is 31.5. The number of nitrogens with zero attached hydrogens (tertiary/aromatic N) is 2. The van der Waals surface area contributed by atoms with Gasteiger partial charge >= 0.3 is 0 Å². The van der Waals surface area contributed by atoms with Crippen molar-refractivity contribution in [3.8, 4) is 33.4 Å². The van der Waals surface area contributed by atoms with Crippen LogP contribution in [0.2, 0.25) is 13.1 Å². The Kier molecular flexibility index (Phi) is 8.96. The number of para-hydroxylation sites is 5. The van der Waals surface area contributed by atoms with Crippen LogP contribution in [0.1, 0.15) is 0 Å². The van der Waals surface area contributed by atoms with Gasteiger partial charge in [0.15, 0.2) is 5.58 Å². The zero-order chi connectivity index (χ0) is 42.8. The summed E-state index contributed by atoms with van der Waals surface area (Å²) in [6, 6.07) is 83.6. The fourth-order valence-corrected chi connectivity index (χ4v) is 13.3. The van der Waals surface area contributed by atoms with Crippen LogP contribution >= 0.6 is 0 Å². The van der Waals surface area contributed by atoms with Crippen molar-refractivity contribution in [2.75, 3.05) is 9.80 Å². The molecule has 0 bridgehead atoms. The Hall–Kier alpha value is -7.92. The van der Waals surface area contributed by atoms with Gasteiger partial charge in [-0.25, -0.2) is 0 Å². The van der Waals surface area contributed by atoms with E-state index in [1.807, 2.05) is 6.07 Å². The van der Waals surface area contributed by atoms with Crippen molar-refractivity contribution in [1.82, 2.24) is 0 Å². The highest BCUT2D eigenvalue weighted by atomic mass is 28.3. The smallest absolute Gasteiger partial charge is 0.159 e. The molecule has 0 spiro atoms. The summed E-state index contributed by atoms with van der Waals surface area (Å²) in [5, 5.41) is 7.85. The van der Waals surface area contributed by atoms with Crippen LogP contribution in [0, 0.1) is 0 Å². The summed E-state index contributed by atoms with van der Waals surface area (Å²) >= 11 is 0. The number of furan rings is 1. The molecule has 2 heterocycles. The molecule has 0 atom stereocenters. The van der Waals surface area contributed by atoms with Gasteiger partial charge < -0.3 is 14.2 Å². The summed E-state index contributed by atoms with van der Waals surface area (Å²) in [7, 11) is -2.17. The van der Waals surface area contributed by atoms with Gasteiger partial charge in [0.25, 0.3) is 0 Å². The van der Waals surface area contributed by atoms with Crippen molar-refractivity contribution in [3.05, 3.63) is 231 Å². The Labute approximate surface area is 374 Å². The van der Waals surface area contributed by atoms with Crippen molar-refractivity contribution in [1.29, 1.82) is 0 Å². The maximum absolute atomic E-state index is 6.69. The zero-order valence-corrected chi connectivity index (χ0v) is 36.7. The molecule has 11 aromatic rings. The third-order valence-electron chi connectivity index (χ3n) is 13.3. The first-order valence-corrected chi connectivity index (χ1v) is 25.1. The summed E-state index contributed by atoms with van der Waals surface area (Å²) in [6.45, 7) is 5.04. The molecule has 0 amide bonds. The lowest BCUT2D eigenvalue weighted by molar-refractivity contribution is 0.669. The van der Waals surface area contributed by atoms with Crippen molar-refractivity contribution in [3.63, 3.8) is 0 Å². The van der Waals surface area contributed by atoms with E-state index >= 15 is 0 Å². The predicted molar refractivity (Wildman–Crippen MR) is 274 cm³/mol. The molecule has 0 aliphatic carbocycles. The van der Waals surface area contributed by atoms with E-state index in [2.05, 4.69) is 247 Å². The van der Waals surface area contributed by atoms with Gasteiger partial charge in [-0.1, -0.05) is 177 Å². The third-order valence-corrected chi connectivity index (χ3v) is 16.8. The molecule has 64 heavy (non-hydrogen) atoms. The second-order valence-electron chi connectivity index (χ2n) is 17.3. The number of hydrogen-bond acceptors (Lipinski definition) is 3. The molecule has 12 rings (SSSR count). The lowest BCUT2D eigenvalue weighted by Crippen LogP contribution is -2.56. The van der Waals surface area contributed by atoms with E-state index in [1.54, 1.807) is 0 Å². The highest BCUT2D eigenvalue weighted by Crippen LogP contribution is 2.47. The van der Waals surface area contributed by atoms with Crippen LogP contribution in [0.4, 0.5) is 34.1 Å². The Balaban J connectivity index is 0.984. The fourth-order valence-electron chi connectivity index (χ4n) is 10.2. The minimum atomic E-state index is -2.17. The van der Waals surface area contributed by atoms with Crippen molar-refractivity contribution < 1.29 is 4.42 Å². The largest absolute Gasteiger partial charge is 0.454 e. The van der Waals surface area contributed by atoms with Crippen molar-refractivity contribution in [2.45, 2.75) is 13.1 Å². The molecular formula is C60H44N2OSi. The van der Waals surface area contributed by atoms with E-state index in [-0.39, 0.29) is 0 Å². The van der Waals surface area contributed by atoms with Crippen molar-refractivity contribution in [2.24, 2.45) is 0 Å². The second-order valence-corrected chi connectivity index (χ2v) is 21.6. The van der Waals surface area contributed by atoms with Gasteiger partial charge in [0.1, 0.15) is 13.7 Å². The molecule has 0 saturated heterocycles. The van der Waals surface area contributed by atoms with Gasteiger partial charge in [-0.3, -0.25) is 0 Å². The van der Waals surface area contributed by atoms with Crippen LogP contribution in [-0.2, 0) is 0 Å². The van der Waals surface area contributed by atoms with Gasteiger partial charge in [-0.15, -0.1) is 0 Å². The van der Waals surface area contributed by atoms with Crippen LogP contribution < -0.4 is 20.2 Å². The highest BCUT2D eigenvalue weighted by molar-refractivity contribution is 7.03. The molecule has 0 saturated carbocycles. The Morgan fingerprint density at radius 2 is 0.891 bits per heavy atom. The fraction of sp³-hybridized carbons (Fsp3) is 0.0333. The summed E-state index contributed by atoms with van der Waals surface area (Å²) < 4.78 is 6.69. The SMILES string of the molecule is C[Si]1(C)c2cc(N(c3ccccc3)c3ccccc3)ccc2-c2ccc(-c3ccc(N(c4ccccc4-c4ccccc4)c4cccc5c4oc4ccccc45)cc3)c3cccc1c23. The minimum Gasteiger partial charge on any atom is -0.454 e. The average Bonchev–Trinajstić information content (AvgIpc) is 3.74. The van der Waals surface area contributed by atoms with Crippen molar-refractivity contribution >= 4 is 85.3 Å². The molecule has 0 N–H and O–H groups in total. The number of rotatable bonds is 8. The quantitative estimate of drug-likeness (QED) is 0.142. The topological polar surface area (TPSA) is 19.6 Å². The summed E-state index contributed by atoms with van der Waals surface area (Å²) in [5.74, 6) is 0. The van der Waals surface area contributed by atoms with Crippen LogP contribution in [0.3, 0.4) is 0 Å². The number of anilines is 6. The summed E-state index contributed by atoms with van der Waals surface area (Å²) in [6.07, 6.45) is 0. The van der Waals surface area contributed by atoms with Gasteiger partial charge in [-0.2, -0.15) is 0 Å². The normalized spacial score (nSPS) is 12.7. The zero-order valence-electron chi connectivity index (χ0n) is 35.7. The molecule has 4 heteroatoms. The first kappa shape index (κ1) is 37.8. The predicted octanol–water partition coefficient (Wildman–Crippen LogP) is 15.8. The molecular weight excluding hydrogens is 793 g/mol. The third kappa shape index (κ3) is 6.10. The van der Waals surface area contributed by atoms with Gasteiger partial charge in [0.05, 0.1) is 11.4 Å². The number of fused-ring (bicyclic) bond motifs is 5. The van der Waals surface area contributed by atoms with E-state index in [0.717, 1.165) is 61.5 Å². The van der Waals surface area contributed by atoms with Gasteiger partial charge in [0, 0.05) is 39.1 Å². The minimum absolute atomic E-state index is 0.867. The van der Waals surface area contributed by atoms with Gasteiger partial charge in [0.2, 0.25) is 0 Å². The second kappa shape index (κ2) is 15.2. The monoisotopic (exact) mass is 836 g/mol. The molecule has 10 aromatic carbocycles. The Morgan fingerprint density at radius 1 is 0.344 bits per heavy atom. The molecule has 3 nitrogen and oxygen atoms in total. The highest BCUT2D eigenvalue weighted by Gasteiger charge is 2.36. The Bertz CT molecular complexity index is 3480. The molecule has 1 aromatic heterocycles. The molecule has 1 aliphatic rings. The lowest BCUT2D eigenvalue weighted by atomic mass is 9.91. The molecule has 0 fully saturated rings. The summed E-state index contributed by atoms with van der Waals surface area (Å²) in [5.41, 5.74) is 15.8. The van der Waals surface area contributed by atoms with E-state index in [4.69, 9.17) is 4.42 Å². The van der Waals surface area contributed by atoms with Crippen LogP contribution in [0.15, 0.2) is 235 Å². The average molecular weight is 837 g/mol. The maximum Gasteiger partial charge on any atom is 0.159 e. The van der Waals surface area contributed by atoms with Crippen LogP contribution in [0.5, 0.6) is 0 Å². The van der Waals surface area contributed by atoms with Crippen LogP contribution in [0.25, 0.3) is 66.1 Å². The summed E-state index contributed by atoms with van der Waals surface area (Å²) in [4.78, 5) is 4.75. The van der Waals surface area contributed by atoms with E-state index in [1.165, 1.54) is 49.1 Å². The van der Waals surface area contributed by atoms with Gasteiger partial charge in [-0.05, 0) is 116 Å². The van der Waals surface area contributed by atoms with E-state index < -0.39 is 8.07 Å².